The Kier molecular flexibility index (Phi) is 5.19. The number of rotatable bonds is 4. The highest BCUT2D eigenvalue weighted by Gasteiger charge is 2.28. The summed E-state index contributed by atoms with van der Waals surface area (Å²) in [5.74, 6) is -0.439. The van der Waals surface area contributed by atoms with Crippen molar-refractivity contribution in [2.45, 2.75) is 30.4 Å². The molecule has 0 saturated carbocycles. The first-order valence-electron chi connectivity index (χ1n) is 7.98. The molecule has 1 aliphatic heterocycles. The molecule has 1 heterocycles. The summed E-state index contributed by atoms with van der Waals surface area (Å²) in [7, 11) is 0. The molecule has 6 heteroatoms. The summed E-state index contributed by atoms with van der Waals surface area (Å²) in [4.78, 5) is 25.2. The van der Waals surface area contributed by atoms with Gasteiger partial charge >= 0.3 is 0 Å². The predicted octanol–water partition coefficient (Wildman–Crippen LogP) is 3.26. The minimum Gasteiger partial charge on any atom is -0.324 e. The lowest BCUT2D eigenvalue weighted by molar-refractivity contribution is -0.124. The number of amides is 2. The van der Waals surface area contributed by atoms with E-state index in [-0.39, 0.29) is 18.2 Å². The van der Waals surface area contributed by atoms with E-state index in [1.807, 2.05) is 56.3 Å². The zero-order valence-electron chi connectivity index (χ0n) is 14.1. The van der Waals surface area contributed by atoms with Crippen LogP contribution in [0, 0.1) is 13.8 Å². The van der Waals surface area contributed by atoms with Gasteiger partial charge in [-0.1, -0.05) is 35.9 Å². The first-order valence-corrected chi connectivity index (χ1v) is 8.86. The van der Waals surface area contributed by atoms with Gasteiger partial charge in [0.15, 0.2) is 0 Å². The van der Waals surface area contributed by atoms with Gasteiger partial charge in [-0.15, -0.1) is 11.8 Å². The number of aryl methyl sites for hydroxylation is 2. The summed E-state index contributed by atoms with van der Waals surface area (Å²) >= 11 is 1.40. The van der Waals surface area contributed by atoms with Crippen LogP contribution in [-0.4, -0.2) is 23.3 Å². The molecule has 0 fully saturated rings. The Morgan fingerprint density at radius 2 is 2.08 bits per heavy atom. The summed E-state index contributed by atoms with van der Waals surface area (Å²) in [6.07, 6.45) is 1.71. The number of thioether (sulfide) groups is 1. The Morgan fingerprint density at radius 1 is 1.28 bits per heavy atom. The number of carbonyl (C=O) groups excluding carboxylic acids is 2. The second-order valence-corrected chi connectivity index (χ2v) is 7.19. The highest BCUT2D eigenvalue weighted by molar-refractivity contribution is 8.01. The van der Waals surface area contributed by atoms with Gasteiger partial charge < -0.3 is 5.32 Å². The smallest absolute Gasteiger partial charge is 0.241 e. The first kappa shape index (κ1) is 17.2. The van der Waals surface area contributed by atoms with Crippen LogP contribution in [0.25, 0.3) is 0 Å². The van der Waals surface area contributed by atoms with Crippen molar-refractivity contribution in [3.05, 3.63) is 59.2 Å². The minimum atomic E-state index is -0.453. The average Bonchev–Trinajstić information content (AvgIpc) is 2.58. The third kappa shape index (κ3) is 4.28. The van der Waals surface area contributed by atoms with Crippen molar-refractivity contribution < 1.29 is 9.59 Å². The molecule has 3 rings (SSSR count). The van der Waals surface area contributed by atoms with E-state index in [2.05, 4.69) is 15.8 Å². The number of benzene rings is 2. The van der Waals surface area contributed by atoms with Crippen LogP contribution in [0.3, 0.4) is 0 Å². The Balaban J connectivity index is 1.59. The number of hydrogen-bond donors (Lipinski definition) is 2. The molecular weight excluding hydrogens is 334 g/mol. The first-order chi connectivity index (χ1) is 12.0. The van der Waals surface area contributed by atoms with Gasteiger partial charge in [0.25, 0.3) is 0 Å². The number of hydrazone groups is 1. The van der Waals surface area contributed by atoms with E-state index in [1.165, 1.54) is 11.8 Å². The maximum absolute atomic E-state index is 12.1. The van der Waals surface area contributed by atoms with Gasteiger partial charge in [-0.25, -0.2) is 5.43 Å². The molecule has 5 nitrogen and oxygen atoms in total. The van der Waals surface area contributed by atoms with Crippen molar-refractivity contribution in [2.24, 2.45) is 5.10 Å². The van der Waals surface area contributed by atoms with Crippen LogP contribution in [0.4, 0.5) is 5.69 Å². The van der Waals surface area contributed by atoms with Crippen molar-refractivity contribution in [3.8, 4) is 0 Å². The maximum Gasteiger partial charge on any atom is 0.241 e. The van der Waals surface area contributed by atoms with Crippen molar-refractivity contribution in [1.82, 2.24) is 5.43 Å². The monoisotopic (exact) mass is 353 g/mol. The molecule has 0 unspecified atom stereocenters. The van der Waals surface area contributed by atoms with E-state index in [9.17, 15) is 9.59 Å². The number of nitrogens with zero attached hydrogens (tertiary/aromatic N) is 1. The zero-order valence-corrected chi connectivity index (χ0v) is 14.9. The largest absolute Gasteiger partial charge is 0.324 e. The van der Waals surface area contributed by atoms with E-state index in [0.717, 1.165) is 27.3 Å². The van der Waals surface area contributed by atoms with Gasteiger partial charge in [0, 0.05) is 11.3 Å². The molecule has 128 valence electrons. The molecule has 0 saturated heterocycles. The lowest BCUT2D eigenvalue weighted by atomic mass is 10.1. The number of nitrogens with one attached hydrogen (secondary N) is 2. The highest BCUT2D eigenvalue weighted by Crippen LogP contribution is 2.36. The van der Waals surface area contributed by atoms with Crippen LogP contribution in [0.5, 0.6) is 0 Å². The van der Waals surface area contributed by atoms with E-state index < -0.39 is 5.25 Å². The lowest BCUT2D eigenvalue weighted by Crippen LogP contribution is -2.33. The number of anilines is 1. The van der Waals surface area contributed by atoms with Crippen molar-refractivity contribution in [1.29, 1.82) is 0 Å². The van der Waals surface area contributed by atoms with Gasteiger partial charge in [-0.3, -0.25) is 9.59 Å². The minimum absolute atomic E-state index is 0.0783. The number of fused-ring (bicyclic) bond motifs is 1. The molecule has 0 bridgehead atoms. The molecule has 2 aromatic carbocycles. The summed E-state index contributed by atoms with van der Waals surface area (Å²) in [5, 5.41) is 6.39. The molecule has 0 aliphatic carbocycles. The van der Waals surface area contributed by atoms with Crippen molar-refractivity contribution in [2.75, 3.05) is 5.32 Å². The Bertz CT molecular complexity index is 848. The van der Waals surface area contributed by atoms with Crippen LogP contribution >= 0.6 is 11.8 Å². The van der Waals surface area contributed by atoms with Gasteiger partial charge in [0.05, 0.1) is 17.2 Å². The number of hydrogen-bond acceptors (Lipinski definition) is 4. The Morgan fingerprint density at radius 3 is 2.92 bits per heavy atom. The van der Waals surface area contributed by atoms with Crippen LogP contribution in [0.15, 0.2) is 52.5 Å². The van der Waals surface area contributed by atoms with Gasteiger partial charge in [0.2, 0.25) is 11.8 Å². The normalized spacial score (nSPS) is 16.4. The van der Waals surface area contributed by atoms with Crippen LogP contribution < -0.4 is 10.7 Å². The fourth-order valence-electron chi connectivity index (χ4n) is 2.51. The quantitative estimate of drug-likeness (QED) is 0.655. The van der Waals surface area contributed by atoms with Crippen LogP contribution in [0.2, 0.25) is 0 Å². The average molecular weight is 353 g/mol. The van der Waals surface area contributed by atoms with Crippen LogP contribution in [0.1, 0.15) is 23.1 Å². The molecule has 0 aromatic heterocycles. The molecule has 2 amide bonds. The fraction of sp³-hybridized carbons (Fsp3) is 0.211. The molecule has 25 heavy (non-hydrogen) atoms. The van der Waals surface area contributed by atoms with E-state index >= 15 is 0 Å². The summed E-state index contributed by atoms with van der Waals surface area (Å²) in [6, 6.07) is 13.6. The molecule has 0 radical (unpaired) electrons. The maximum atomic E-state index is 12.1. The van der Waals surface area contributed by atoms with Crippen molar-refractivity contribution >= 4 is 35.5 Å². The van der Waals surface area contributed by atoms with E-state index in [1.54, 1.807) is 6.21 Å². The van der Waals surface area contributed by atoms with Gasteiger partial charge in [-0.05, 0) is 37.1 Å². The topological polar surface area (TPSA) is 70.6 Å². The molecule has 2 N–H and O–H groups in total. The summed E-state index contributed by atoms with van der Waals surface area (Å²) < 4.78 is 0. The number of para-hydroxylation sites is 1. The third-order valence-corrected chi connectivity index (χ3v) is 5.18. The zero-order chi connectivity index (χ0) is 17.8. The lowest BCUT2D eigenvalue weighted by Gasteiger charge is -2.23. The molecular formula is C19H19N3O2S. The second kappa shape index (κ2) is 7.53. The Labute approximate surface area is 150 Å². The van der Waals surface area contributed by atoms with Gasteiger partial charge in [-0.2, -0.15) is 5.10 Å². The molecule has 0 spiro atoms. The van der Waals surface area contributed by atoms with E-state index in [0.29, 0.717) is 0 Å². The number of carbonyl (C=O) groups is 2. The molecule has 2 aromatic rings. The third-order valence-electron chi connectivity index (χ3n) is 3.91. The molecule has 1 atom stereocenters. The van der Waals surface area contributed by atoms with Gasteiger partial charge in [0.1, 0.15) is 0 Å². The van der Waals surface area contributed by atoms with Crippen LogP contribution in [-0.2, 0) is 9.59 Å². The Hall–Kier alpha value is -2.60. The fourth-order valence-corrected chi connectivity index (χ4v) is 3.62. The standard InChI is InChI=1S/C19H19N3O2S/c1-12-7-8-13(2)14(9-12)11-20-22-18(23)10-17-19(24)21-15-5-3-4-6-16(15)25-17/h3-9,11,17H,10H2,1-2H3,(H,21,24)(H,22,23)/b20-11-/t17-/m1/s1. The predicted molar refractivity (Wildman–Crippen MR) is 101 cm³/mol. The SMILES string of the molecule is Cc1ccc(C)c(/C=N\NC(=O)C[C@H]2Sc3ccccc3NC2=O)c1. The highest BCUT2D eigenvalue weighted by atomic mass is 32.2. The summed E-state index contributed by atoms with van der Waals surface area (Å²) in [6.45, 7) is 4.00. The second-order valence-electron chi connectivity index (χ2n) is 5.95. The van der Waals surface area contributed by atoms with E-state index in [4.69, 9.17) is 0 Å². The van der Waals surface area contributed by atoms with Crippen molar-refractivity contribution in [3.63, 3.8) is 0 Å². The molecule has 1 aliphatic rings. The summed E-state index contributed by atoms with van der Waals surface area (Å²) in [5.41, 5.74) is 6.48.